The van der Waals surface area contributed by atoms with E-state index < -0.39 is 11.9 Å². The quantitative estimate of drug-likeness (QED) is 0.378. The third kappa shape index (κ3) is 5.43. The molecule has 184 valence electrons. The maximum Gasteiger partial charge on any atom is 0.338 e. The van der Waals surface area contributed by atoms with Crippen molar-refractivity contribution in [3.63, 3.8) is 0 Å². The van der Waals surface area contributed by atoms with E-state index in [1.54, 1.807) is 0 Å². The highest BCUT2D eigenvalue weighted by Crippen LogP contribution is 2.41. The molecular weight excluding hydrogens is 540 g/mol. The maximum atomic E-state index is 13.0. The van der Waals surface area contributed by atoms with Gasteiger partial charge in [0.05, 0.1) is 29.9 Å². The SMILES string of the molecule is COC(=O)C1=C(CSc2nc3c(cc2C#N)CCCCCC3)OC(N)=C(C#N)[C@@H]1c1cccc(Br)c1. The normalized spacial score (nSPS) is 17.7. The Kier molecular flexibility index (Phi) is 8.35. The second-order valence-electron chi connectivity index (χ2n) is 8.57. The summed E-state index contributed by atoms with van der Waals surface area (Å²) in [5.74, 6) is -0.941. The van der Waals surface area contributed by atoms with Gasteiger partial charge in [-0.25, -0.2) is 9.78 Å². The van der Waals surface area contributed by atoms with E-state index in [0.29, 0.717) is 16.2 Å². The Bertz CT molecular complexity index is 1340. The van der Waals surface area contributed by atoms with Crippen LogP contribution in [0.15, 0.2) is 62.6 Å². The second kappa shape index (κ2) is 11.6. The van der Waals surface area contributed by atoms with Gasteiger partial charge in [0.1, 0.15) is 28.5 Å². The molecule has 0 bridgehead atoms. The van der Waals surface area contributed by atoms with Crippen molar-refractivity contribution >= 4 is 33.7 Å². The monoisotopic (exact) mass is 564 g/mol. The van der Waals surface area contributed by atoms with Crippen LogP contribution in [-0.4, -0.2) is 23.8 Å². The van der Waals surface area contributed by atoms with Crippen molar-refractivity contribution in [2.24, 2.45) is 5.73 Å². The molecule has 1 aliphatic heterocycles. The predicted octanol–water partition coefficient (Wildman–Crippen LogP) is 5.40. The summed E-state index contributed by atoms with van der Waals surface area (Å²) in [7, 11) is 1.29. The Morgan fingerprint density at radius 2 is 2.00 bits per heavy atom. The average molecular weight is 565 g/mol. The van der Waals surface area contributed by atoms with Crippen LogP contribution in [0.4, 0.5) is 0 Å². The van der Waals surface area contributed by atoms with Gasteiger partial charge in [0.15, 0.2) is 0 Å². The van der Waals surface area contributed by atoms with Crippen molar-refractivity contribution in [3.05, 3.63) is 80.0 Å². The number of ether oxygens (including phenoxy) is 2. The number of hydrogen-bond acceptors (Lipinski definition) is 8. The zero-order chi connectivity index (χ0) is 25.7. The Balaban J connectivity index is 1.74. The molecule has 0 saturated heterocycles. The molecule has 1 atom stereocenters. The number of benzene rings is 1. The number of pyridine rings is 1. The Labute approximate surface area is 223 Å². The molecule has 0 saturated carbocycles. The first-order valence-corrected chi connectivity index (χ1v) is 13.4. The molecule has 0 fully saturated rings. The minimum atomic E-state index is -0.747. The molecule has 0 unspecified atom stereocenters. The highest BCUT2D eigenvalue weighted by molar-refractivity contribution is 9.10. The highest BCUT2D eigenvalue weighted by Gasteiger charge is 2.37. The highest BCUT2D eigenvalue weighted by atomic mass is 79.9. The largest absolute Gasteiger partial charge is 0.466 e. The van der Waals surface area contributed by atoms with Crippen LogP contribution in [0, 0.1) is 22.7 Å². The van der Waals surface area contributed by atoms with Gasteiger partial charge in [-0.2, -0.15) is 10.5 Å². The molecule has 2 aliphatic rings. The number of hydrogen-bond donors (Lipinski definition) is 1. The summed E-state index contributed by atoms with van der Waals surface area (Å²) < 4.78 is 11.7. The molecule has 1 aromatic carbocycles. The number of fused-ring (bicyclic) bond motifs is 1. The summed E-state index contributed by atoms with van der Waals surface area (Å²) in [5, 5.41) is 20.2. The maximum absolute atomic E-state index is 13.0. The summed E-state index contributed by atoms with van der Waals surface area (Å²) in [4.78, 5) is 17.8. The number of aromatic nitrogens is 1. The van der Waals surface area contributed by atoms with Crippen LogP contribution >= 0.6 is 27.7 Å². The second-order valence-corrected chi connectivity index (χ2v) is 10.4. The number of thioether (sulfide) groups is 1. The lowest BCUT2D eigenvalue weighted by atomic mass is 9.83. The summed E-state index contributed by atoms with van der Waals surface area (Å²) in [5.41, 5.74) is 9.87. The minimum Gasteiger partial charge on any atom is -0.466 e. The summed E-state index contributed by atoms with van der Waals surface area (Å²) in [6, 6.07) is 13.6. The summed E-state index contributed by atoms with van der Waals surface area (Å²) in [6.07, 6.45) is 6.35. The zero-order valence-electron chi connectivity index (χ0n) is 19.8. The zero-order valence-corrected chi connectivity index (χ0v) is 22.2. The third-order valence-corrected chi connectivity index (χ3v) is 7.79. The molecule has 1 aromatic heterocycles. The first-order valence-electron chi connectivity index (χ1n) is 11.7. The summed E-state index contributed by atoms with van der Waals surface area (Å²) in [6.45, 7) is 0. The molecule has 0 amide bonds. The van der Waals surface area contributed by atoms with E-state index in [1.807, 2.05) is 30.3 Å². The number of nitrogens with two attached hydrogens (primary N) is 1. The van der Waals surface area contributed by atoms with Gasteiger partial charge in [0.2, 0.25) is 5.88 Å². The van der Waals surface area contributed by atoms with E-state index in [4.69, 9.17) is 20.2 Å². The van der Waals surface area contributed by atoms with Gasteiger partial charge in [-0.1, -0.05) is 52.7 Å². The topological polar surface area (TPSA) is 122 Å². The molecule has 4 rings (SSSR count). The van der Waals surface area contributed by atoms with Crippen molar-refractivity contribution in [1.29, 1.82) is 10.5 Å². The molecular formula is C27H25BrN4O3S. The molecule has 0 radical (unpaired) electrons. The fraction of sp³-hybridized carbons (Fsp3) is 0.333. The first-order chi connectivity index (χ1) is 17.5. The van der Waals surface area contributed by atoms with Crippen LogP contribution in [0.5, 0.6) is 0 Å². The standard InChI is InChI=1S/C27H25BrN4O3S/c1-34-27(33)24-22(35-25(31)20(14-30)23(24)17-8-6-9-19(28)12-17)15-36-26-18(13-29)11-16-7-4-2-3-5-10-21(16)32-26/h6,8-9,11-12,23H,2-5,7,10,15,31H2,1H3/t23-/m0/s1. The first kappa shape index (κ1) is 25.8. The molecule has 36 heavy (non-hydrogen) atoms. The Hall–Kier alpha value is -3.27. The number of methoxy groups -OCH3 is 1. The predicted molar refractivity (Wildman–Crippen MR) is 139 cm³/mol. The van der Waals surface area contributed by atoms with Crippen molar-refractivity contribution in [2.75, 3.05) is 12.9 Å². The average Bonchev–Trinajstić information content (AvgIpc) is 2.86. The lowest BCUT2D eigenvalue weighted by Crippen LogP contribution is -2.26. The van der Waals surface area contributed by atoms with Gasteiger partial charge in [-0.3, -0.25) is 0 Å². The molecule has 2 heterocycles. The fourth-order valence-corrected chi connectivity index (χ4v) is 5.90. The van der Waals surface area contributed by atoms with E-state index >= 15 is 0 Å². The number of aryl methyl sites for hydroxylation is 2. The van der Waals surface area contributed by atoms with Gasteiger partial charge in [-0.15, -0.1) is 0 Å². The number of esters is 1. The smallest absolute Gasteiger partial charge is 0.338 e. The lowest BCUT2D eigenvalue weighted by Gasteiger charge is -2.28. The number of rotatable bonds is 5. The van der Waals surface area contributed by atoms with Crippen LogP contribution in [-0.2, 0) is 27.1 Å². The third-order valence-electron chi connectivity index (χ3n) is 6.31. The van der Waals surface area contributed by atoms with Gasteiger partial charge in [-0.05, 0) is 55.0 Å². The molecule has 9 heteroatoms. The number of carbonyl (C=O) groups is 1. The van der Waals surface area contributed by atoms with Crippen LogP contribution in [0.25, 0.3) is 0 Å². The van der Waals surface area contributed by atoms with Crippen LogP contribution in [0.3, 0.4) is 0 Å². The van der Waals surface area contributed by atoms with Crippen molar-refractivity contribution in [3.8, 4) is 12.1 Å². The Morgan fingerprint density at radius 3 is 2.69 bits per heavy atom. The minimum absolute atomic E-state index is 0.0580. The lowest BCUT2D eigenvalue weighted by molar-refractivity contribution is -0.136. The number of carbonyl (C=O) groups excluding carboxylic acids is 1. The fourth-order valence-electron chi connectivity index (χ4n) is 4.57. The number of halogens is 1. The van der Waals surface area contributed by atoms with Gasteiger partial charge in [0, 0.05) is 10.2 Å². The van der Waals surface area contributed by atoms with E-state index in [9.17, 15) is 15.3 Å². The molecule has 1 aliphatic carbocycles. The van der Waals surface area contributed by atoms with Crippen molar-refractivity contribution < 1.29 is 14.3 Å². The van der Waals surface area contributed by atoms with Crippen molar-refractivity contribution in [2.45, 2.75) is 49.5 Å². The molecule has 7 nitrogen and oxygen atoms in total. The van der Waals surface area contributed by atoms with E-state index in [1.165, 1.54) is 31.7 Å². The van der Waals surface area contributed by atoms with Crippen LogP contribution < -0.4 is 5.73 Å². The summed E-state index contributed by atoms with van der Waals surface area (Å²) >= 11 is 4.77. The van der Waals surface area contributed by atoms with Crippen LogP contribution in [0.1, 0.15) is 54.0 Å². The Morgan fingerprint density at radius 1 is 1.22 bits per heavy atom. The number of nitriles is 2. The number of allylic oxidation sites excluding steroid dienone is 1. The molecule has 2 N–H and O–H groups in total. The van der Waals surface area contributed by atoms with Gasteiger partial charge < -0.3 is 15.2 Å². The van der Waals surface area contributed by atoms with Gasteiger partial charge in [0.25, 0.3) is 0 Å². The van der Waals surface area contributed by atoms with Crippen molar-refractivity contribution in [1.82, 2.24) is 4.98 Å². The van der Waals surface area contributed by atoms with E-state index in [2.05, 4.69) is 28.1 Å². The van der Waals surface area contributed by atoms with E-state index in [-0.39, 0.29) is 28.5 Å². The van der Waals surface area contributed by atoms with Crippen LogP contribution in [0.2, 0.25) is 0 Å². The van der Waals surface area contributed by atoms with E-state index in [0.717, 1.165) is 41.4 Å². The number of nitrogens with zero attached hydrogens (tertiary/aromatic N) is 3. The molecule has 2 aromatic rings. The van der Waals surface area contributed by atoms with Gasteiger partial charge >= 0.3 is 5.97 Å². The molecule has 0 spiro atoms.